The summed E-state index contributed by atoms with van der Waals surface area (Å²) in [5.74, 6) is 0. The Morgan fingerprint density at radius 2 is 1.39 bits per heavy atom. The predicted molar refractivity (Wildman–Crippen MR) is 105 cm³/mol. The summed E-state index contributed by atoms with van der Waals surface area (Å²) in [4.78, 5) is 20.0. The topological polar surface area (TPSA) is 89.5 Å². The summed E-state index contributed by atoms with van der Waals surface area (Å²) in [6.45, 7) is 0. The van der Waals surface area contributed by atoms with Crippen LogP contribution in [0.15, 0.2) is 27.1 Å². The van der Waals surface area contributed by atoms with E-state index in [1.54, 1.807) is 0 Å². The molecular formula is C15H6Br2ClF6N3O4. The first kappa shape index (κ1) is 25.1. The average Bonchev–Trinajstić information content (AvgIpc) is 2.62. The van der Waals surface area contributed by atoms with Crippen molar-refractivity contribution in [3.63, 3.8) is 0 Å². The molecule has 2 rings (SSSR count). The van der Waals surface area contributed by atoms with Crippen LogP contribution in [-0.2, 0) is 12.4 Å². The number of nitro benzene ring substituents is 2. The highest BCUT2D eigenvalue weighted by Gasteiger charge is 2.44. The van der Waals surface area contributed by atoms with Gasteiger partial charge in [0.1, 0.15) is 5.69 Å². The molecule has 0 heterocycles. The van der Waals surface area contributed by atoms with Crippen LogP contribution in [0.5, 0.6) is 0 Å². The zero-order valence-corrected chi connectivity index (χ0v) is 18.5. The van der Waals surface area contributed by atoms with Gasteiger partial charge >= 0.3 is 12.4 Å². The summed E-state index contributed by atoms with van der Waals surface area (Å²) >= 11 is 11.5. The monoisotopic (exact) mass is 599 g/mol. The van der Waals surface area contributed by atoms with E-state index in [2.05, 4.69) is 31.9 Å². The summed E-state index contributed by atoms with van der Waals surface area (Å²) in [5.41, 5.74) is -8.35. The number of halogens is 9. The van der Waals surface area contributed by atoms with Crippen LogP contribution in [0.3, 0.4) is 0 Å². The molecule has 0 unspecified atom stereocenters. The molecule has 0 aliphatic rings. The van der Waals surface area contributed by atoms with Gasteiger partial charge in [-0.3, -0.25) is 20.2 Å². The van der Waals surface area contributed by atoms with Crippen molar-refractivity contribution in [2.75, 3.05) is 11.9 Å². The highest BCUT2D eigenvalue weighted by atomic mass is 79.9. The van der Waals surface area contributed by atoms with Crippen molar-refractivity contribution in [1.82, 2.24) is 0 Å². The van der Waals surface area contributed by atoms with Gasteiger partial charge in [-0.2, -0.15) is 26.3 Å². The van der Waals surface area contributed by atoms with E-state index < -0.39 is 60.5 Å². The number of non-ortho nitro benzene ring substituents is 1. The maximum atomic E-state index is 13.7. The van der Waals surface area contributed by atoms with E-state index in [1.807, 2.05) is 0 Å². The fourth-order valence-electron chi connectivity index (χ4n) is 2.66. The van der Waals surface area contributed by atoms with Crippen LogP contribution in [-0.4, -0.2) is 16.9 Å². The number of hydrogen-bond acceptors (Lipinski definition) is 5. The molecule has 7 nitrogen and oxygen atoms in total. The van der Waals surface area contributed by atoms with Gasteiger partial charge in [-0.05, 0) is 37.9 Å². The van der Waals surface area contributed by atoms with Crippen LogP contribution in [0, 0.1) is 20.2 Å². The fraction of sp³-hybridized carbons (Fsp3) is 0.200. The number of benzene rings is 2. The molecule has 0 spiro atoms. The van der Waals surface area contributed by atoms with Gasteiger partial charge in [0.25, 0.3) is 11.4 Å². The van der Waals surface area contributed by atoms with Gasteiger partial charge in [0, 0.05) is 17.6 Å². The van der Waals surface area contributed by atoms with E-state index in [1.165, 1.54) is 0 Å². The van der Waals surface area contributed by atoms with Crippen LogP contribution < -0.4 is 4.90 Å². The summed E-state index contributed by atoms with van der Waals surface area (Å²) in [5, 5.41) is 22.0. The maximum absolute atomic E-state index is 13.7. The SMILES string of the molecule is CN(c1c([N+](=O)[O-])cc([N+](=O)[O-])cc1C(F)(F)F)c1c(C(F)(F)F)cc(Br)c(Cl)c1Br. The Hall–Kier alpha value is -2.13. The Morgan fingerprint density at radius 1 is 0.903 bits per heavy atom. The van der Waals surface area contributed by atoms with E-state index in [4.69, 9.17) is 11.6 Å². The largest absolute Gasteiger partial charge is 0.418 e. The third kappa shape index (κ3) is 4.87. The minimum atomic E-state index is -5.38. The first-order valence-corrected chi connectivity index (χ1v) is 9.47. The Balaban J connectivity index is 3.03. The molecule has 168 valence electrons. The van der Waals surface area contributed by atoms with Gasteiger partial charge in [-0.15, -0.1) is 0 Å². The molecule has 0 bridgehead atoms. The van der Waals surface area contributed by atoms with Gasteiger partial charge in [-0.25, -0.2) is 0 Å². The molecule has 0 atom stereocenters. The third-order valence-electron chi connectivity index (χ3n) is 3.90. The molecular weight excluding hydrogens is 595 g/mol. The molecule has 0 fully saturated rings. The molecule has 0 amide bonds. The molecule has 0 aromatic heterocycles. The maximum Gasteiger partial charge on any atom is 0.418 e. The molecule has 0 aliphatic heterocycles. The quantitative estimate of drug-likeness (QED) is 0.157. The Morgan fingerprint density at radius 3 is 1.81 bits per heavy atom. The van der Waals surface area contributed by atoms with Gasteiger partial charge in [-0.1, -0.05) is 11.6 Å². The highest BCUT2D eigenvalue weighted by molar-refractivity contribution is 9.11. The molecule has 0 radical (unpaired) electrons. The number of nitrogens with zero attached hydrogens (tertiary/aromatic N) is 3. The first-order chi connectivity index (χ1) is 14.0. The Kier molecular flexibility index (Phi) is 6.83. The number of hydrogen-bond donors (Lipinski definition) is 0. The van der Waals surface area contributed by atoms with Crippen LogP contribution in [0.25, 0.3) is 0 Å². The zero-order chi connectivity index (χ0) is 24.0. The Bertz CT molecular complexity index is 1090. The predicted octanol–water partition coefficient (Wildman–Crippen LogP) is 7.49. The molecule has 0 saturated heterocycles. The number of rotatable bonds is 4. The summed E-state index contributed by atoms with van der Waals surface area (Å²) < 4.78 is 81.1. The second kappa shape index (κ2) is 8.43. The lowest BCUT2D eigenvalue weighted by molar-refractivity contribution is -0.394. The lowest BCUT2D eigenvalue weighted by Crippen LogP contribution is -2.22. The van der Waals surface area contributed by atoms with E-state index in [9.17, 15) is 46.6 Å². The van der Waals surface area contributed by atoms with Gasteiger partial charge in [0.15, 0.2) is 0 Å². The van der Waals surface area contributed by atoms with Crippen LogP contribution in [0.4, 0.5) is 49.1 Å². The van der Waals surface area contributed by atoms with Gasteiger partial charge in [0.05, 0.1) is 42.2 Å². The van der Waals surface area contributed by atoms with Crippen molar-refractivity contribution in [2.24, 2.45) is 0 Å². The van der Waals surface area contributed by atoms with E-state index in [-0.39, 0.29) is 26.5 Å². The van der Waals surface area contributed by atoms with Crippen LogP contribution in [0.2, 0.25) is 5.02 Å². The van der Waals surface area contributed by atoms with Crippen molar-refractivity contribution in [1.29, 1.82) is 0 Å². The molecule has 31 heavy (non-hydrogen) atoms. The molecule has 0 aliphatic carbocycles. The van der Waals surface area contributed by atoms with E-state index in [0.29, 0.717) is 13.1 Å². The summed E-state index contributed by atoms with van der Waals surface area (Å²) in [6.07, 6.45) is -10.5. The van der Waals surface area contributed by atoms with Crippen LogP contribution in [0.1, 0.15) is 11.1 Å². The molecule has 16 heteroatoms. The lowest BCUT2D eigenvalue weighted by Gasteiger charge is -2.28. The minimum absolute atomic E-state index is 0.000460. The van der Waals surface area contributed by atoms with E-state index >= 15 is 0 Å². The van der Waals surface area contributed by atoms with Crippen molar-refractivity contribution >= 4 is 66.2 Å². The normalized spacial score (nSPS) is 12.1. The molecule has 2 aromatic carbocycles. The second-order valence-corrected chi connectivity index (χ2v) is 7.84. The minimum Gasteiger partial charge on any atom is -0.337 e. The van der Waals surface area contributed by atoms with Crippen molar-refractivity contribution in [2.45, 2.75) is 12.4 Å². The average molecular weight is 601 g/mol. The number of nitro groups is 2. The molecule has 0 saturated carbocycles. The smallest absolute Gasteiger partial charge is 0.337 e. The second-order valence-electron chi connectivity index (χ2n) is 5.81. The fourth-order valence-corrected chi connectivity index (χ4v) is 4.19. The molecule has 0 N–H and O–H groups in total. The van der Waals surface area contributed by atoms with Crippen molar-refractivity contribution in [3.05, 3.63) is 63.5 Å². The number of alkyl halides is 6. The van der Waals surface area contributed by atoms with Gasteiger partial charge in [0.2, 0.25) is 0 Å². The molecule has 2 aromatic rings. The summed E-state index contributed by atoms with van der Waals surface area (Å²) in [6, 6.07) is 0.715. The van der Waals surface area contributed by atoms with Crippen molar-refractivity contribution < 1.29 is 36.2 Å². The highest BCUT2D eigenvalue weighted by Crippen LogP contribution is 2.52. The van der Waals surface area contributed by atoms with Gasteiger partial charge < -0.3 is 4.90 Å². The first-order valence-electron chi connectivity index (χ1n) is 7.50. The van der Waals surface area contributed by atoms with E-state index in [0.717, 1.165) is 0 Å². The lowest BCUT2D eigenvalue weighted by atomic mass is 10.1. The zero-order valence-electron chi connectivity index (χ0n) is 14.6. The van der Waals surface area contributed by atoms with Crippen molar-refractivity contribution in [3.8, 4) is 0 Å². The standard InChI is InChI=1S/C15H6Br2ClF6N3O4/c1-25(13-7(15(22,23)24)4-8(16)11(18)10(13)17)12-6(14(19,20)21)2-5(26(28)29)3-9(12)27(30)31/h2-4H,1H3. The third-order valence-corrected chi connectivity index (χ3v) is 6.15. The Labute approximate surface area is 190 Å². The number of anilines is 2. The summed E-state index contributed by atoms with van der Waals surface area (Å²) in [7, 11) is 0.711. The van der Waals surface area contributed by atoms with Crippen LogP contribution >= 0.6 is 43.5 Å².